The lowest BCUT2D eigenvalue weighted by Gasteiger charge is -2.24. The third-order valence-corrected chi connectivity index (χ3v) is 5.42. The van der Waals surface area contributed by atoms with E-state index < -0.39 is 10.2 Å². The average molecular weight is 233 g/mol. The van der Waals surface area contributed by atoms with Crippen LogP contribution in [0.5, 0.6) is 0 Å². The number of hydrogen-bond donors (Lipinski definition) is 1. The largest absolute Gasteiger partial charge is 0.315 e. The molecule has 0 aliphatic carbocycles. The van der Waals surface area contributed by atoms with Gasteiger partial charge in [0.25, 0.3) is 10.2 Å². The van der Waals surface area contributed by atoms with Gasteiger partial charge < -0.3 is 5.32 Å². The van der Waals surface area contributed by atoms with Gasteiger partial charge in [0.2, 0.25) is 0 Å². The van der Waals surface area contributed by atoms with Crippen LogP contribution in [-0.4, -0.2) is 55.3 Å². The molecule has 0 aromatic carbocycles. The van der Waals surface area contributed by atoms with Gasteiger partial charge in [-0.3, -0.25) is 0 Å². The van der Waals surface area contributed by atoms with Gasteiger partial charge in [0.1, 0.15) is 0 Å². The lowest BCUT2D eigenvalue weighted by atomic mass is 10.2. The minimum atomic E-state index is -3.18. The first kappa shape index (κ1) is 11.3. The molecule has 1 N–H and O–H groups in total. The second-order valence-corrected chi connectivity index (χ2v) is 6.30. The molecule has 0 aromatic rings. The van der Waals surface area contributed by atoms with Gasteiger partial charge in [-0.2, -0.15) is 17.0 Å². The highest BCUT2D eigenvalue weighted by atomic mass is 32.2. The van der Waals surface area contributed by atoms with Crippen molar-refractivity contribution in [1.82, 2.24) is 13.9 Å². The Bertz CT molecular complexity index is 322. The van der Waals surface area contributed by atoms with Crippen LogP contribution < -0.4 is 5.32 Å². The molecule has 0 aromatic heterocycles. The van der Waals surface area contributed by atoms with Gasteiger partial charge in [0.05, 0.1) is 0 Å². The molecule has 0 unspecified atom stereocenters. The van der Waals surface area contributed by atoms with Crippen molar-refractivity contribution in [3.8, 4) is 0 Å². The molecule has 0 amide bonds. The molecule has 6 heteroatoms. The van der Waals surface area contributed by atoms with E-state index in [2.05, 4.69) is 5.32 Å². The van der Waals surface area contributed by atoms with Gasteiger partial charge in [-0.1, -0.05) is 0 Å². The van der Waals surface area contributed by atoms with Gasteiger partial charge in [-0.15, -0.1) is 0 Å². The molecule has 0 radical (unpaired) electrons. The highest BCUT2D eigenvalue weighted by Gasteiger charge is 2.42. The summed E-state index contributed by atoms with van der Waals surface area (Å²) in [4.78, 5) is 0. The molecule has 2 fully saturated rings. The van der Waals surface area contributed by atoms with Crippen LogP contribution in [0.25, 0.3) is 0 Å². The van der Waals surface area contributed by atoms with E-state index in [0.29, 0.717) is 13.1 Å². The van der Waals surface area contributed by atoms with Crippen LogP contribution in [0.4, 0.5) is 0 Å². The Kier molecular flexibility index (Phi) is 3.03. The third-order valence-electron chi connectivity index (χ3n) is 3.15. The van der Waals surface area contributed by atoms with Crippen LogP contribution in [0.2, 0.25) is 0 Å². The van der Waals surface area contributed by atoms with E-state index in [9.17, 15) is 8.42 Å². The van der Waals surface area contributed by atoms with Crippen molar-refractivity contribution in [3.05, 3.63) is 0 Å². The zero-order valence-electron chi connectivity index (χ0n) is 9.31. The molecule has 0 saturated carbocycles. The van der Waals surface area contributed by atoms with Crippen LogP contribution >= 0.6 is 0 Å². The van der Waals surface area contributed by atoms with Crippen molar-refractivity contribution >= 4 is 10.2 Å². The zero-order valence-corrected chi connectivity index (χ0v) is 10.1. The molecule has 2 aliphatic heterocycles. The first-order valence-electron chi connectivity index (χ1n) is 5.53. The second-order valence-electron chi connectivity index (χ2n) is 4.47. The van der Waals surface area contributed by atoms with Crippen LogP contribution in [0.3, 0.4) is 0 Å². The fourth-order valence-electron chi connectivity index (χ4n) is 2.34. The summed E-state index contributed by atoms with van der Waals surface area (Å²) in [6, 6.07) is 0.230. The van der Waals surface area contributed by atoms with E-state index in [1.807, 2.05) is 13.8 Å². The topological polar surface area (TPSA) is 52.6 Å². The maximum absolute atomic E-state index is 12.1. The summed E-state index contributed by atoms with van der Waals surface area (Å²) in [5, 5.41) is 3.21. The van der Waals surface area contributed by atoms with Crippen LogP contribution in [0.1, 0.15) is 20.3 Å². The second kappa shape index (κ2) is 4.01. The summed E-state index contributed by atoms with van der Waals surface area (Å²) in [5.74, 6) is 0. The fourth-order valence-corrected chi connectivity index (χ4v) is 4.33. The van der Waals surface area contributed by atoms with Crippen molar-refractivity contribution in [3.63, 3.8) is 0 Å². The molecular formula is C9H19N3O2S. The van der Waals surface area contributed by atoms with Gasteiger partial charge in [0.15, 0.2) is 0 Å². The Morgan fingerprint density at radius 2 is 2.07 bits per heavy atom. The minimum absolute atomic E-state index is 0.0642. The van der Waals surface area contributed by atoms with E-state index in [1.165, 1.54) is 0 Å². The van der Waals surface area contributed by atoms with E-state index in [-0.39, 0.29) is 12.1 Å². The first-order chi connectivity index (χ1) is 7.03. The van der Waals surface area contributed by atoms with E-state index >= 15 is 0 Å². The lowest BCUT2D eigenvalue weighted by Crippen LogP contribution is -2.42. The molecule has 0 bridgehead atoms. The Morgan fingerprint density at radius 3 is 2.53 bits per heavy atom. The maximum Gasteiger partial charge on any atom is 0.282 e. The van der Waals surface area contributed by atoms with E-state index in [1.54, 1.807) is 8.61 Å². The fraction of sp³-hybridized carbons (Fsp3) is 1.00. The van der Waals surface area contributed by atoms with E-state index in [4.69, 9.17) is 0 Å². The summed E-state index contributed by atoms with van der Waals surface area (Å²) >= 11 is 0. The SMILES string of the molecule is CC(C)N1CCN([C@H]2CCNC2)S1(=O)=O. The van der Waals surface area contributed by atoms with Crippen molar-refractivity contribution in [2.45, 2.75) is 32.4 Å². The summed E-state index contributed by atoms with van der Waals surface area (Å²) < 4.78 is 27.5. The molecule has 88 valence electrons. The summed E-state index contributed by atoms with van der Waals surface area (Å²) in [5.41, 5.74) is 0. The van der Waals surface area contributed by atoms with Crippen LogP contribution in [0, 0.1) is 0 Å². The third kappa shape index (κ3) is 1.91. The number of nitrogens with one attached hydrogen (secondary N) is 1. The van der Waals surface area contributed by atoms with Gasteiger partial charge in [-0.05, 0) is 26.8 Å². The highest BCUT2D eigenvalue weighted by Crippen LogP contribution is 2.24. The predicted octanol–water partition coefficient (Wildman–Crippen LogP) is -0.381. The molecule has 15 heavy (non-hydrogen) atoms. The normalized spacial score (nSPS) is 32.9. The summed E-state index contributed by atoms with van der Waals surface area (Å²) in [6.45, 7) is 6.86. The van der Waals surface area contributed by atoms with Crippen molar-refractivity contribution in [2.24, 2.45) is 0 Å². The molecular weight excluding hydrogens is 214 g/mol. The molecule has 1 atom stereocenters. The monoisotopic (exact) mass is 233 g/mol. The highest BCUT2D eigenvalue weighted by molar-refractivity contribution is 7.87. The Morgan fingerprint density at radius 1 is 1.33 bits per heavy atom. The predicted molar refractivity (Wildman–Crippen MR) is 58.7 cm³/mol. The maximum atomic E-state index is 12.1. The van der Waals surface area contributed by atoms with Gasteiger partial charge >= 0.3 is 0 Å². The number of rotatable bonds is 2. The van der Waals surface area contributed by atoms with Gasteiger partial charge in [-0.25, -0.2) is 0 Å². The minimum Gasteiger partial charge on any atom is -0.315 e. The number of hydrogen-bond acceptors (Lipinski definition) is 3. The summed E-state index contributed by atoms with van der Waals surface area (Å²) in [6.07, 6.45) is 0.936. The Hall–Kier alpha value is -0.170. The first-order valence-corrected chi connectivity index (χ1v) is 6.92. The molecule has 2 saturated heterocycles. The van der Waals surface area contributed by atoms with Crippen LogP contribution in [0.15, 0.2) is 0 Å². The standard InChI is InChI=1S/C9H19N3O2S/c1-8(2)11-5-6-12(15(11,13)14)9-3-4-10-7-9/h8-10H,3-7H2,1-2H3/t9-/m0/s1. The van der Waals surface area contributed by atoms with Gasteiger partial charge in [0, 0.05) is 31.7 Å². The molecule has 2 aliphatic rings. The van der Waals surface area contributed by atoms with E-state index in [0.717, 1.165) is 19.5 Å². The van der Waals surface area contributed by atoms with Crippen LogP contribution in [-0.2, 0) is 10.2 Å². The molecule has 2 rings (SSSR count). The lowest BCUT2D eigenvalue weighted by molar-refractivity contribution is 0.365. The molecule has 2 heterocycles. The zero-order chi connectivity index (χ0) is 11.1. The van der Waals surface area contributed by atoms with Crippen molar-refractivity contribution < 1.29 is 8.42 Å². The Balaban J connectivity index is 2.16. The smallest absolute Gasteiger partial charge is 0.282 e. The Labute approximate surface area is 91.6 Å². The quantitative estimate of drug-likeness (QED) is 0.707. The van der Waals surface area contributed by atoms with Crippen molar-refractivity contribution in [2.75, 3.05) is 26.2 Å². The molecule has 0 spiro atoms. The number of nitrogens with zero attached hydrogens (tertiary/aromatic N) is 2. The average Bonchev–Trinajstić information content (AvgIpc) is 2.70. The van der Waals surface area contributed by atoms with Crippen molar-refractivity contribution in [1.29, 1.82) is 0 Å². The molecule has 5 nitrogen and oxygen atoms in total. The summed E-state index contributed by atoms with van der Waals surface area (Å²) in [7, 11) is -3.18.